The van der Waals surface area contributed by atoms with Crippen molar-refractivity contribution in [1.82, 2.24) is 5.32 Å². The number of carbonyl (C=O) groups is 1. The fourth-order valence-electron chi connectivity index (χ4n) is 2.51. The molecule has 4 N–H and O–H groups in total. The molecule has 5 nitrogen and oxygen atoms in total. The number of hydrogen-bond donors (Lipinski definition) is 3. The number of rotatable bonds is 8. The molecule has 0 radical (unpaired) electrons. The van der Waals surface area contributed by atoms with E-state index in [-0.39, 0.29) is 17.8 Å². The lowest BCUT2D eigenvalue weighted by atomic mass is 9.80. The summed E-state index contributed by atoms with van der Waals surface area (Å²) in [6.45, 7) is 5.84. The minimum atomic E-state index is -0.946. The number of nitrogens with one attached hydrogen (secondary N) is 1. The molecule has 1 amide bonds. The van der Waals surface area contributed by atoms with Crippen LogP contribution in [0.2, 0.25) is 0 Å². The zero-order chi connectivity index (χ0) is 15.9. The largest absolute Gasteiger partial charge is 0.409 e. The minimum Gasteiger partial charge on any atom is -0.409 e. The van der Waals surface area contributed by atoms with Crippen molar-refractivity contribution >= 4 is 23.1 Å². The molecule has 0 aliphatic carbocycles. The predicted octanol–water partition coefficient (Wildman–Crippen LogP) is 3.26. The van der Waals surface area contributed by atoms with Crippen LogP contribution in [0.15, 0.2) is 22.7 Å². The van der Waals surface area contributed by atoms with Crippen molar-refractivity contribution in [2.45, 2.75) is 52.5 Å². The van der Waals surface area contributed by atoms with E-state index in [1.807, 2.05) is 31.4 Å². The fraction of sp³-hybridized carbons (Fsp3) is 0.600. The second-order valence-electron chi connectivity index (χ2n) is 5.10. The van der Waals surface area contributed by atoms with Gasteiger partial charge in [0.15, 0.2) is 5.84 Å². The SMILES string of the molecule is CCCC(NC(=O)C(CC)(CC)C(N)=NO)c1cccs1. The molecule has 0 fully saturated rings. The van der Waals surface area contributed by atoms with Crippen LogP contribution in [0, 0.1) is 5.41 Å². The molecular formula is C15H25N3O2S. The highest BCUT2D eigenvalue weighted by Crippen LogP contribution is 2.30. The summed E-state index contributed by atoms with van der Waals surface area (Å²) < 4.78 is 0. The van der Waals surface area contributed by atoms with Crippen molar-refractivity contribution in [3.8, 4) is 0 Å². The first-order chi connectivity index (χ1) is 10.1. The van der Waals surface area contributed by atoms with Crippen LogP contribution < -0.4 is 11.1 Å². The van der Waals surface area contributed by atoms with E-state index in [2.05, 4.69) is 17.4 Å². The Bertz CT molecular complexity index is 467. The van der Waals surface area contributed by atoms with Crippen LogP contribution in [0.1, 0.15) is 57.4 Å². The van der Waals surface area contributed by atoms with Gasteiger partial charge in [0.1, 0.15) is 5.41 Å². The van der Waals surface area contributed by atoms with Gasteiger partial charge in [0, 0.05) is 4.88 Å². The average Bonchev–Trinajstić information content (AvgIpc) is 3.02. The lowest BCUT2D eigenvalue weighted by Gasteiger charge is -2.31. The lowest BCUT2D eigenvalue weighted by molar-refractivity contribution is -0.128. The number of carbonyl (C=O) groups excluding carboxylic acids is 1. The maximum Gasteiger partial charge on any atom is 0.234 e. The average molecular weight is 311 g/mol. The molecule has 0 aliphatic rings. The number of oxime groups is 1. The predicted molar refractivity (Wildman–Crippen MR) is 86.5 cm³/mol. The van der Waals surface area contributed by atoms with E-state index >= 15 is 0 Å². The lowest BCUT2D eigenvalue weighted by Crippen LogP contribution is -2.50. The van der Waals surface area contributed by atoms with Gasteiger partial charge in [-0.15, -0.1) is 11.3 Å². The smallest absolute Gasteiger partial charge is 0.234 e. The second kappa shape index (κ2) is 8.02. The van der Waals surface area contributed by atoms with Gasteiger partial charge in [-0.1, -0.05) is 38.4 Å². The summed E-state index contributed by atoms with van der Waals surface area (Å²) in [5.74, 6) is -0.193. The highest BCUT2D eigenvalue weighted by molar-refractivity contribution is 7.10. The number of amides is 1. The van der Waals surface area contributed by atoms with Gasteiger partial charge >= 0.3 is 0 Å². The molecule has 21 heavy (non-hydrogen) atoms. The Morgan fingerprint density at radius 2 is 2.14 bits per heavy atom. The van der Waals surface area contributed by atoms with Crippen molar-refractivity contribution < 1.29 is 10.0 Å². The molecule has 1 aromatic rings. The number of nitrogens with two attached hydrogens (primary N) is 1. The Morgan fingerprint density at radius 1 is 1.48 bits per heavy atom. The first-order valence-corrected chi connectivity index (χ1v) is 8.26. The van der Waals surface area contributed by atoms with Gasteiger partial charge in [-0.3, -0.25) is 4.79 Å². The second-order valence-corrected chi connectivity index (χ2v) is 6.08. The quantitative estimate of drug-likeness (QED) is 0.298. The highest BCUT2D eigenvalue weighted by atomic mass is 32.1. The van der Waals surface area contributed by atoms with Gasteiger partial charge in [-0.2, -0.15) is 0 Å². The normalized spacial score (nSPS) is 14.0. The molecule has 118 valence electrons. The summed E-state index contributed by atoms with van der Waals surface area (Å²) in [6.07, 6.45) is 2.83. The number of thiophene rings is 1. The molecule has 0 aromatic carbocycles. The third-order valence-corrected chi connectivity index (χ3v) is 5.00. The Hall–Kier alpha value is -1.56. The maximum absolute atomic E-state index is 12.7. The molecule has 1 unspecified atom stereocenters. The molecule has 1 atom stereocenters. The van der Waals surface area contributed by atoms with Crippen LogP contribution in [-0.2, 0) is 4.79 Å². The maximum atomic E-state index is 12.7. The summed E-state index contributed by atoms with van der Waals surface area (Å²) >= 11 is 1.63. The first kappa shape index (κ1) is 17.5. The van der Waals surface area contributed by atoms with E-state index in [9.17, 15) is 4.79 Å². The molecule has 0 saturated heterocycles. The Balaban J connectivity index is 2.99. The van der Waals surface area contributed by atoms with Gasteiger partial charge in [0.2, 0.25) is 5.91 Å². The van der Waals surface area contributed by atoms with Gasteiger partial charge in [0.25, 0.3) is 0 Å². The molecule has 0 saturated carbocycles. The molecule has 1 heterocycles. The van der Waals surface area contributed by atoms with Crippen molar-refractivity contribution in [3.63, 3.8) is 0 Å². The summed E-state index contributed by atoms with van der Waals surface area (Å²) in [7, 11) is 0. The first-order valence-electron chi connectivity index (χ1n) is 7.38. The summed E-state index contributed by atoms with van der Waals surface area (Å²) in [4.78, 5) is 13.9. The summed E-state index contributed by atoms with van der Waals surface area (Å²) in [5, 5.41) is 17.1. The van der Waals surface area contributed by atoms with Gasteiger partial charge in [0.05, 0.1) is 6.04 Å². The topological polar surface area (TPSA) is 87.7 Å². The minimum absolute atomic E-state index is 0.0218. The van der Waals surface area contributed by atoms with Crippen molar-refractivity contribution in [2.24, 2.45) is 16.3 Å². The molecule has 0 spiro atoms. The number of amidine groups is 1. The standard InChI is InChI=1S/C15H25N3O2S/c1-4-8-11(12-9-7-10-21-12)17-14(19)15(5-2,6-3)13(16)18-20/h7,9-11,20H,4-6,8H2,1-3H3,(H2,16,18)(H,17,19). The molecule has 0 aliphatic heterocycles. The van der Waals surface area contributed by atoms with E-state index in [0.717, 1.165) is 17.7 Å². The van der Waals surface area contributed by atoms with E-state index in [1.54, 1.807) is 11.3 Å². The Labute approximate surface area is 130 Å². The van der Waals surface area contributed by atoms with Crippen LogP contribution in [-0.4, -0.2) is 17.0 Å². The zero-order valence-corrected chi connectivity index (χ0v) is 13.7. The van der Waals surface area contributed by atoms with Gasteiger partial charge < -0.3 is 16.3 Å². The van der Waals surface area contributed by atoms with Crippen LogP contribution in [0.3, 0.4) is 0 Å². The monoisotopic (exact) mass is 311 g/mol. The molecular weight excluding hydrogens is 286 g/mol. The molecule has 1 aromatic heterocycles. The van der Waals surface area contributed by atoms with E-state index < -0.39 is 5.41 Å². The Kier molecular flexibility index (Phi) is 6.68. The summed E-state index contributed by atoms with van der Waals surface area (Å²) in [5.41, 5.74) is 4.84. The highest BCUT2D eigenvalue weighted by Gasteiger charge is 2.40. The molecule has 0 bridgehead atoms. The fourth-order valence-corrected chi connectivity index (χ4v) is 3.32. The van der Waals surface area contributed by atoms with Crippen LogP contribution in [0.4, 0.5) is 0 Å². The molecule has 6 heteroatoms. The van der Waals surface area contributed by atoms with Crippen LogP contribution >= 0.6 is 11.3 Å². The van der Waals surface area contributed by atoms with E-state index in [4.69, 9.17) is 10.9 Å². The number of nitrogens with zero attached hydrogens (tertiary/aromatic N) is 1. The van der Waals surface area contributed by atoms with Gasteiger partial charge in [-0.25, -0.2) is 0 Å². The third kappa shape index (κ3) is 3.75. The van der Waals surface area contributed by atoms with Crippen LogP contribution in [0.25, 0.3) is 0 Å². The van der Waals surface area contributed by atoms with Crippen LogP contribution in [0.5, 0.6) is 0 Å². The third-order valence-electron chi connectivity index (χ3n) is 4.01. The molecule has 1 rings (SSSR count). The Morgan fingerprint density at radius 3 is 2.57 bits per heavy atom. The van der Waals surface area contributed by atoms with E-state index in [1.165, 1.54) is 0 Å². The number of hydrogen-bond acceptors (Lipinski definition) is 4. The van der Waals surface area contributed by atoms with Gasteiger partial charge in [-0.05, 0) is 30.7 Å². The zero-order valence-electron chi connectivity index (χ0n) is 12.9. The van der Waals surface area contributed by atoms with E-state index in [0.29, 0.717) is 12.8 Å². The van der Waals surface area contributed by atoms with Crippen molar-refractivity contribution in [2.75, 3.05) is 0 Å². The summed E-state index contributed by atoms with van der Waals surface area (Å²) in [6, 6.07) is 3.98. The van der Waals surface area contributed by atoms with Crippen molar-refractivity contribution in [1.29, 1.82) is 0 Å². The van der Waals surface area contributed by atoms with Crippen molar-refractivity contribution in [3.05, 3.63) is 22.4 Å².